The lowest BCUT2D eigenvalue weighted by Gasteiger charge is -2.08. The van der Waals surface area contributed by atoms with Crippen molar-refractivity contribution >= 4 is 11.6 Å². The number of anilines is 1. The summed E-state index contributed by atoms with van der Waals surface area (Å²) in [5.74, 6) is 0.0992. The fraction of sp³-hybridized carbons (Fsp3) is 0.125. The standard InChI is InChI=1S/C16H15N3O2/c17-9-13-2-1-3-14(8-13)19-10-12-4-6-15(7-5-12)21-11-16(18)20/h1-8,19H,10-11H2,(H2,18,20). The molecule has 0 unspecified atom stereocenters. The molecule has 5 nitrogen and oxygen atoms in total. The predicted octanol–water partition coefficient (Wildman–Crippen LogP) is 2.03. The molecule has 0 aliphatic rings. The van der Waals surface area contributed by atoms with E-state index in [0.29, 0.717) is 17.9 Å². The van der Waals surface area contributed by atoms with Crippen molar-refractivity contribution in [1.29, 1.82) is 5.26 Å². The van der Waals surface area contributed by atoms with Gasteiger partial charge in [-0.2, -0.15) is 5.26 Å². The van der Waals surface area contributed by atoms with Gasteiger partial charge in [0.25, 0.3) is 5.91 Å². The Morgan fingerprint density at radius 3 is 2.67 bits per heavy atom. The minimum Gasteiger partial charge on any atom is -0.484 e. The zero-order chi connectivity index (χ0) is 15.1. The van der Waals surface area contributed by atoms with E-state index in [4.69, 9.17) is 15.7 Å². The van der Waals surface area contributed by atoms with E-state index in [1.807, 2.05) is 24.3 Å². The largest absolute Gasteiger partial charge is 0.484 e. The molecule has 21 heavy (non-hydrogen) atoms. The second kappa shape index (κ2) is 6.96. The molecule has 1 amide bonds. The Morgan fingerprint density at radius 1 is 1.24 bits per heavy atom. The highest BCUT2D eigenvalue weighted by Crippen LogP contribution is 2.15. The molecule has 0 saturated carbocycles. The van der Waals surface area contributed by atoms with E-state index >= 15 is 0 Å². The molecule has 0 aromatic heterocycles. The number of hydrogen-bond donors (Lipinski definition) is 2. The number of carbonyl (C=O) groups excluding carboxylic acids is 1. The molecule has 0 aliphatic carbocycles. The van der Waals surface area contributed by atoms with Gasteiger partial charge in [0.1, 0.15) is 5.75 Å². The van der Waals surface area contributed by atoms with Crippen LogP contribution < -0.4 is 15.8 Å². The number of rotatable bonds is 6. The van der Waals surface area contributed by atoms with Crippen molar-refractivity contribution in [2.24, 2.45) is 5.73 Å². The Kier molecular flexibility index (Phi) is 4.78. The summed E-state index contributed by atoms with van der Waals surface area (Å²) in [7, 11) is 0. The molecule has 106 valence electrons. The fourth-order valence-corrected chi connectivity index (χ4v) is 1.76. The zero-order valence-electron chi connectivity index (χ0n) is 11.4. The van der Waals surface area contributed by atoms with Crippen LogP contribution in [0.25, 0.3) is 0 Å². The van der Waals surface area contributed by atoms with Gasteiger partial charge in [-0.15, -0.1) is 0 Å². The van der Waals surface area contributed by atoms with E-state index in [2.05, 4.69) is 11.4 Å². The number of nitrogens with two attached hydrogens (primary N) is 1. The summed E-state index contributed by atoms with van der Waals surface area (Å²) in [5, 5.41) is 12.1. The van der Waals surface area contributed by atoms with Crippen LogP contribution in [-0.4, -0.2) is 12.5 Å². The maximum Gasteiger partial charge on any atom is 0.255 e. The van der Waals surface area contributed by atoms with Gasteiger partial charge in [-0.3, -0.25) is 4.79 Å². The predicted molar refractivity (Wildman–Crippen MR) is 79.6 cm³/mol. The van der Waals surface area contributed by atoms with Crippen LogP contribution in [0.3, 0.4) is 0 Å². The van der Waals surface area contributed by atoms with Crippen LogP contribution in [0.1, 0.15) is 11.1 Å². The molecular weight excluding hydrogens is 266 g/mol. The van der Waals surface area contributed by atoms with Crippen molar-refractivity contribution in [3.05, 3.63) is 59.7 Å². The average molecular weight is 281 g/mol. The summed E-state index contributed by atoms with van der Waals surface area (Å²) in [6, 6.07) is 16.8. The number of nitrogens with zero attached hydrogens (tertiary/aromatic N) is 1. The molecule has 3 N–H and O–H groups in total. The first kappa shape index (κ1) is 14.4. The van der Waals surface area contributed by atoms with Crippen LogP contribution in [0, 0.1) is 11.3 Å². The summed E-state index contributed by atoms with van der Waals surface area (Å²) < 4.78 is 5.18. The first-order valence-electron chi connectivity index (χ1n) is 6.41. The molecular formula is C16H15N3O2. The van der Waals surface area contributed by atoms with E-state index in [-0.39, 0.29) is 6.61 Å². The molecule has 2 aromatic carbocycles. The van der Waals surface area contributed by atoms with Crippen LogP contribution in [-0.2, 0) is 11.3 Å². The van der Waals surface area contributed by atoms with Gasteiger partial charge in [0, 0.05) is 12.2 Å². The second-order valence-electron chi connectivity index (χ2n) is 4.45. The molecule has 0 spiro atoms. The molecule has 0 fully saturated rings. The van der Waals surface area contributed by atoms with E-state index in [0.717, 1.165) is 11.3 Å². The number of amides is 1. The van der Waals surface area contributed by atoms with Crippen molar-refractivity contribution in [3.63, 3.8) is 0 Å². The van der Waals surface area contributed by atoms with Gasteiger partial charge < -0.3 is 15.8 Å². The van der Waals surface area contributed by atoms with Crippen LogP contribution in [0.4, 0.5) is 5.69 Å². The number of benzene rings is 2. The highest BCUT2D eigenvalue weighted by Gasteiger charge is 1.99. The molecule has 0 aliphatic heterocycles. The Hall–Kier alpha value is -3.00. The van der Waals surface area contributed by atoms with Crippen molar-refractivity contribution in [3.8, 4) is 11.8 Å². The van der Waals surface area contributed by atoms with Gasteiger partial charge in [-0.1, -0.05) is 18.2 Å². The van der Waals surface area contributed by atoms with Crippen molar-refractivity contribution < 1.29 is 9.53 Å². The van der Waals surface area contributed by atoms with Crippen LogP contribution in [0.2, 0.25) is 0 Å². The Balaban J connectivity index is 1.91. The summed E-state index contributed by atoms with van der Waals surface area (Å²) in [6.45, 7) is 0.504. The number of ether oxygens (including phenoxy) is 1. The van der Waals surface area contributed by atoms with Gasteiger partial charge in [0.05, 0.1) is 11.6 Å². The normalized spacial score (nSPS) is 9.67. The van der Waals surface area contributed by atoms with Gasteiger partial charge in [0.15, 0.2) is 6.61 Å². The van der Waals surface area contributed by atoms with Gasteiger partial charge >= 0.3 is 0 Å². The van der Waals surface area contributed by atoms with Gasteiger partial charge in [0.2, 0.25) is 0 Å². The lowest BCUT2D eigenvalue weighted by atomic mass is 10.2. The monoisotopic (exact) mass is 281 g/mol. The Bertz CT molecular complexity index is 660. The number of primary amides is 1. The van der Waals surface area contributed by atoms with Crippen LogP contribution in [0.15, 0.2) is 48.5 Å². The van der Waals surface area contributed by atoms with Crippen molar-refractivity contribution in [2.45, 2.75) is 6.54 Å². The third kappa shape index (κ3) is 4.55. The van der Waals surface area contributed by atoms with E-state index < -0.39 is 5.91 Å². The summed E-state index contributed by atoms with van der Waals surface area (Å²) in [6.07, 6.45) is 0. The summed E-state index contributed by atoms with van der Waals surface area (Å²) in [4.78, 5) is 10.6. The Labute approximate surface area is 123 Å². The lowest BCUT2D eigenvalue weighted by molar-refractivity contribution is -0.119. The van der Waals surface area contributed by atoms with Crippen LogP contribution >= 0.6 is 0 Å². The molecule has 2 rings (SSSR count). The van der Waals surface area contributed by atoms with Gasteiger partial charge in [-0.05, 0) is 35.9 Å². The van der Waals surface area contributed by atoms with E-state index in [1.165, 1.54) is 0 Å². The van der Waals surface area contributed by atoms with Gasteiger partial charge in [-0.25, -0.2) is 0 Å². The molecule has 0 heterocycles. The van der Waals surface area contributed by atoms with Crippen LogP contribution in [0.5, 0.6) is 5.75 Å². The third-order valence-corrected chi connectivity index (χ3v) is 2.79. The van der Waals surface area contributed by atoms with E-state index in [9.17, 15) is 4.79 Å². The highest BCUT2D eigenvalue weighted by molar-refractivity contribution is 5.75. The molecule has 5 heteroatoms. The first-order chi connectivity index (χ1) is 10.2. The smallest absolute Gasteiger partial charge is 0.255 e. The first-order valence-corrected chi connectivity index (χ1v) is 6.41. The number of carbonyl (C=O) groups is 1. The van der Waals surface area contributed by atoms with E-state index in [1.54, 1.807) is 24.3 Å². The molecule has 2 aromatic rings. The zero-order valence-corrected chi connectivity index (χ0v) is 11.4. The number of hydrogen-bond acceptors (Lipinski definition) is 4. The quantitative estimate of drug-likeness (QED) is 0.848. The lowest BCUT2D eigenvalue weighted by Crippen LogP contribution is -2.19. The maximum atomic E-state index is 10.6. The average Bonchev–Trinajstić information content (AvgIpc) is 2.52. The summed E-state index contributed by atoms with van der Waals surface area (Å²) >= 11 is 0. The number of nitriles is 1. The topological polar surface area (TPSA) is 88.1 Å². The van der Waals surface area contributed by atoms with Crippen molar-refractivity contribution in [2.75, 3.05) is 11.9 Å². The molecule has 0 atom stereocenters. The third-order valence-electron chi connectivity index (χ3n) is 2.79. The number of nitrogens with one attached hydrogen (secondary N) is 1. The SMILES string of the molecule is N#Cc1cccc(NCc2ccc(OCC(N)=O)cc2)c1. The fourth-order valence-electron chi connectivity index (χ4n) is 1.76. The Morgan fingerprint density at radius 2 is 2.00 bits per heavy atom. The summed E-state index contributed by atoms with van der Waals surface area (Å²) in [5.41, 5.74) is 7.58. The minimum absolute atomic E-state index is 0.126. The molecule has 0 radical (unpaired) electrons. The highest BCUT2D eigenvalue weighted by atomic mass is 16.5. The minimum atomic E-state index is -0.502. The second-order valence-corrected chi connectivity index (χ2v) is 4.45. The van der Waals surface area contributed by atoms with Crippen molar-refractivity contribution in [1.82, 2.24) is 0 Å². The molecule has 0 saturated heterocycles. The maximum absolute atomic E-state index is 10.6. The molecule has 0 bridgehead atoms.